The van der Waals surface area contributed by atoms with Gasteiger partial charge in [0, 0.05) is 25.3 Å². The number of aromatic nitrogens is 1. The molecule has 4 N–H and O–H groups in total. The Bertz CT molecular complexity index is 480. The Labute approximate surface area is 124 Å². The highest BCUT2D eigenvalue weighted by Gasteiger charge is 2.29. The zero-order valence-corrected chi connectivity index (χ0v) is 12.5. The predicted molar refractivity (Wildman–Crippen MR) is 80.3 cm³/mol. The van der Waals surface area contributed by atoms with Gasteiger partial charge in [0.05, 0.1) is 24.6 Å². The summed E-state index contributed by atoms with van der Waals surface area (Å²) in [4.78, 5) is 18.7. The topological polar surface area (TPSA) is 92.5 Å². The molecule has 1 aromatic heterocycles. The van der Waals surface area contributed by atoms with Crippen LogP contribution in [-0.2, 0) is 16.1 Å². The number of ether oxygens (including phenoxy) is 1. The number of nitrogens with two attached hydrogens (primary N) is 1. The smallest absolute Gasteiger partial charge is 0.239 e. The van der Waals surface area contributed by atoms with Crippen molar-refractivity contribution in [3.63, 3.8) is 0 Å². The van der Waals surface area contributed by atoms with Crippen LogP contribution < -0.4 is 16.6 Å². The molecule has 1 aromatic rings. The molecule has 21 heavy (non-hydrogen) atoms. The van der Waals surface area contributed by atoms with Crippen molar-refractivity contribution in [2.24, 2.45) is 5.84 Å². The second kappa shape index (κ2) is 7.35. The molecule has 1 fully saturated rings. The van der Waals surface area contributed by atoms with Crippen LogP contribution in [0.3, 0.4) is 0 Å². The van der Waals surface area contributed by atoms with Crippen LogP contribution in [0.15, 0.2) is 18.3 Å². The van der Waals surface area contributed by atoms with Crippen LogP contribution >= 0.6 is 0 Å². The van der Waals surface area contributed by atoms with E-state index in [2.05, 4.69) is 20.6 Å². The molecule has 1 unspecified atom stereocenters. The van der Waals surface area contributed by atoms with Gasteiger partial charge in [-0.2, -0.15) is 0 Å². The molecule has 1 aliphatic heterocycles. The monoisotopic (exact) mass is 293 g/mol. The quantitative estimate of drug-likeness (QED) is 0.526. The van der Waals surface area contributed by atoms with E-state index in [-0.39, 0.29) is 18.0 Å². The SMILES string of the molecule is CC(C)NC(=O)C1COCCN1Cc1cc(NN)ccn1. The van der Waals surface area contributed by atoms with Gasteiger partial charge in [-0.05, 0) is 26.0 Å². The van der Waals surface area contributed by atoms with Gasteiger partial charge in [0.15, 0.2) is 0 Å². The van der Waals surface area contributed by atoms with E-state index in [9.17, 15) is 4.79 Å². The standard InChI is InChI=1S/C14H23N5O2/c1-10(2)17-14(20)13-9-21-6-5-19(13)8-12-7-11(18-15)3-4-16-12/h3-4,7,10,13H,5-6,8-9,15H2,1-2H3,(H,16,18)(H,17,20). The number of morpholine rings is 1. The van der Waals surface area contributed by atoms with Crippen molar-refractivity contribution >= 4 is 11.6 Å². The summed E-state index contributed by atoms with van der Waals surface area (Å²) >= 11 is 0. The molecule has 0 aliphatic carbocycles. The lowest BCUT2D eigenvalue weighted by Gasteiger charge is -2.34. The number of amides is 1. The summed E-state index contributed by atoms with van der Waals surface area (Å²) in [6.07, 6.45) is 1.70. The van der Waals surface area contributed by atoms with E-state index < -0.39 is 0 Å². The summed E-state index contributed by atoms with van der Waals surface area (Å²) < 4.78 is 5.44. The molecule has 0 radical (unpaired) electrons. The van der Waals surface area contributed by atoms with Crippen molar-refractivity contribution < 1.29 is 9.53 Å². The molecule has 0 spiro atoms. The molecular weight excluding hydrogens is 270 g/mol. The number of hydrazine groups is 1. The van der Waals surface area contributed by atoms with Crippen molar-refractivity contribution in [1.29, 1.82) is 0 Å². The number of rotatable bonds is 5. The minimum atomic E-state index is -0.280. The van der Waals surface area contributed by atoms with Gasteiger partial charge in [-0.25, -0.2) is 0 Å². The third kappa shape index (κ3) is 4.38. The Morgan fingerprint density at radius 2 is 2.43 bits per heavy atom. The summed E-state index contributed by atoms with van der Waals surface area (Å²) in [7, 11) is 0. The number of hydrogen-bond donors (Lipinski definition) is 3. The van der Waals surface area contributed by atoms with Crippen molar-refractivity contribution in [2.75, 3.05) is 25.2 Å². The van der Waals surface area contributed by atoms with Gasteiger partial charge >= 0.3 is 0 Å². The van der Waals surface area contributed by atoms with Crippen LogP contribution in [-0.4, -0.2) is 47.6 Å². The van der Waals surface area contributed by atoms with Crippen LogP contribution in [0.25, 0.3) is 0 Å². The highest BCUT2D eigenvalue weighted by molar-refractivity contribution is 5.82. The molecule has 0 aromatic carbocycles. The average molecular weight is 293 g/mol. The van der Waals surface area contributed by atoms with Gasteiger partial charge in [-0.15, -0.1) is 0 Å². The van der Waals surface area contributed by atoms with Crippen LogP contribution in [0.4, 0.5) is 5.69 Å². The normalized spacial score (nSPS) is 19.5. The maximum absolute atomic E-state index is 12.2. The zero-order chi connectivity index (χ0) is 15.2. The van der Waals surface area contributed by atoms with Crippen molar-refractivity contribution in [2.45, 2.75) is 32.5 Å². The largest absolute Gasteiger partial charge is 0.378 e. The van der Waals surface area contributed by atoms with Gasteiger partial charge in [-0.1, -0.05) is 0 Å². The second-order valence-corrected chi connectivity index (χ2v) is 5.40. The number of hydrogen-bond acceptors (Lipinski definition) is 6. The summed E-state index contributed by atoms with van der Waals surface area (Å²) in [6.45, 7) is 6.23. The minimum Gasteiger partial charge on any atom is -0.378 e. The zero-order valence-electron chi connectivity index (χ0n) is 12.5. The Balaban J connectivity index is 2.06. The maximum atomic E-state index is 12.2. The maximum Gasteiger partial charge on any atom is 0.239 e. The first kappa shape index (κ1) is 15.7. The highest BCUT2D eigenvalue weighted by atomic mass is 16.5. The van der Waals surface area contributed by atoms with E-state index in [1.165, 1.54) is 0 Å². The Hall–Kier alpha value is -1.70. The fraction of sp³-hybridized carbons (Fsp3) is 0.571. The molecule has 7 heteroatoms. The number of nitrogens with one attached hydrogen (secondary N) is 2. The third-order valence-electron chi connectivity index (χ3n) is 3.32. The van der Waals surface area contributed by atoms with Crippen LogP contribution in [0, 0.1) is 0 Å². The van der Waals surface area contributed by atoms with E-state index in [4.69, 9.17) is 10.6 Å². The van der Waals surface area contributed by atoms with Crippen molar-refractivity contribution in [3.8, 4) is 0 Å². The minimum absolute atomic E-state index is 0.00203. The molecule has 7 nitrogen and oxygen atoms in total. The summed E-state index contributed by atoms with van der Waals surface area (Å²) in [6, 6.07) is 3.51. The predicted octanol–water partition coefficient (Wildman–Crippen LogP) is 0.0926. The van der Waals surface area contributed by atoms with E-state index in [1.807, 2.05) is 19.9 Å². The number of nitrogen functional groups attached to an aromatic ring is 1. The van der Waals surface area contributed by atoms with E-state index >= 15 is 0 Å². The van der Waals surface area contributed by atoms with E-state index in [0.717, 1.165) is 11.4 Å². The average Bonchev–Trinajstić information content (AvgIpc) is 2.47. The molecule has 116 valence electrons. The third-order valence-corrected chi connectivity index (χ3v) is 3.32. The molecule has 1 atom stereocenters. The molecule has 0 bridgehead atoms. The lowest BCUT2D eigenvalue weighted by Crippen LogP contribution is -2.54. The van der Waals surface area contributed by atoms with Gasteiger partial charge in [0.1, 0.15) is 6.04 Å². The number of anilines is 1. The number of pyridine rings is 1. The van der Waals surface area contributed by atoms with Gasteiger partial charge in [0.2, 0.25) is 5.91 Å². The second-order valence-electron chi connectivity index (χ2n) is 5.40. The molecule has 1 aliphatic rings. The van der Waals surface area contributed by atoms with Crippen LogP contribution in [0.1, 0.15) is 19.5 Å². The molecule has 0 saturated carbocycles. The lowest BCUT2D eigenvalue weighted by molar-refractivity contribution is -0.133. The molecule has 1 amide bonds. The first-order valence-corrected chi connectivity index (χ1v) is 7.14. The summed E-state index contributed by atoms with van der Waals surface area (Å²) in [5.74, 6) is 5.40. The number of carbonyl (C=O) groups is 1. The number of carbonyl (C=O) groups excluding carboxylic acids is 1. The first-order chi connectivity index (χ1) is 10.1. The molecular formula is C14H23N5O2. The van der Waals surface area contributed by atoms with Crippen molar-refractivity contribution in [3.05, 3.63) is 24.0 Å². The number of nitrogens with zero attached hydrogens (tertiary/aromatic N) is 2. The molecule has 2 heterocycles. The first-order valence-electron chi connectivity index (χ1n) is 7.14. The molecule has 2 rings (SSSR count). The fourth-order valence-corrected chi connectivity index (χ4v) is 2.31. The van der Waals surface area contributed by atoms with Crippen molar-refractivity contribution in [1.82, 2.24) is 15.2 Å². The van der Waals surface area contributed by atoms with Gasteiger partial charge in [-0.3, -0.25) is 20.5 Å². The summed E-state index contributed by atoms with van der Waals surface area (Å²) in [5, 5.41) is 2.94. The fourth-order valence-electron chi connectivity index (χ4n) is 2.31. The van der Waals surface area contributed by atoms with E-state index in [1.54, 1.807) is 12.3 Å². The Morgan fingerprint density at radius 1 is 1.62 bits per heavy atom. The highest BCUT2D eigenvalue weighted by Crippen LogP contribution is 2.14. The molecule has 1 saturated heterocycles. The van der Waals surface area contributed by atoms with E-state index in [0.29, 0.717) is 26.3 Å². The summed E-state index contributed by atoms with van der Waals surface area (Å²) in [5.41, 5.74) is 4.27. The Morgan fingerprint density at radius 3 is 3.14 bits per heavy atom. The lowest BCUT2D eigenvalue weighted by atomic mass is 10.1. The van der Waals surface area contributed by atoms with Gasteiger partial charge < -0.3 is 15.5 Å². The van der Waals surface area contributed by atoms with Crippen LogP contribution in [0.2, 0.25) is 0 Å². The van der Waals surface area contributed by atoms with Gasteiger partial charge in [0.25, 0.3) is 0 Å². The Kier molecular flexibility index (Phi) is 5.49. The van der Waals surface area contributed by atoms with Crippen LogP contribution in [0.5, 0.6) is 0 Å².